The normalized spacial score (nSPS) is 10.7. The lowest BCUT2D eigenvalue weighted by Crippen LogP contribution is -1.97. The summed E-state index contributed by atoms with van der Waals surface area (Å²) in [5.74, 6) is -0.884. The SMILES string of the molecule is O=C(O)c1c(I)[nH]c2cccc(I)c12. The van der Waals surface area contributed by atoms with Gasteiger partial charge in [-0.2, -0.15) is 0 Å². The third-order valence-electron chi connectivity index (χ3n) is 1.94. The third-order valence-corrected chi connectivity index (χ3v) is 3.65. The maximum absolute atomic E-state index is 11.0. The quantitative estimate of drug-likeness (QED) is 0.707. The van der Waals surface area contributed by atoms with Crippen molar-refractivity contribution in [2.75, 3.05) is 0 Å². The Balaban J connectivity index is 2.93. The number of nitrogens with one attached hydrogen (secondary N) is 1. The topological polar surface area (TPSA) is 53.1 Å². The summed E-state index contributed by atoms with van der Waals surface area (Å²) < 4.78 is 1.63. The molecule has 0 aliphatic carbocycles. The molecular formula is C9H5I2NO2. The Hall–Kier alpha value is -0.310. The van der Waals surface area contributed by atoms with E-state index in [0.29, 0.717) is 9.26 Å². The predicted molar refractivity (Wildman–Crippen MR) is 70.7 cm³/mol. The highest BCUT2D eigenvalue weighted by Gasteiger charge is 2.17. The zero-order valence-corrected chi connectivity index (χ0v) is 11.2. The van der Waals surface area contributed by atoms with Gasteiger partial charge in [-0.3, -0.25) is 0 Å². The molecule has 14 heavy (non-hydrogen) atoms. The van der Waals surface area contributed by atoms with Crippen LogP contribution in [0.15, 0.2) is 18.2 Å². The third kappa shape index (κ3) is 1.52. The fourth-order valence-corrected chi connectivity index (χ4v) is 2.93. The molecule has 0 aliphatic heterocycles. The molecule has 1 heterocycles. The number of hydrogen-bond donors (Lipinski definition) is 2. The largest absolute Gasteiger partial charge is 0.478 e. The van der Waals surface area contributed by atoms with Gasteiger partial charge in [0.25, 0.3) is 0 Å². The highest BCUT2D eigenvalue weighted by molar-refractivity contribution is 14.1. The van der Waals surface area contributed by atoms with Crippen LogP contribution in [0.5, 0.6) is 0 Å². The van der Waals surface area contributed by atoms with E-state index >= 15 is 0 Å². The molecule has 2 aromatic rings. The second-order valence-electron chi connectivity index (χ2n) is 2.78. The van der Waals surface area contributed by atoms with Crippen LogP contribution >= 0.6 is 45.2 Å². The minimum absolute atomic E-state index is 0.366. The molecular weight excluding hydrogens is 408 g/mol. The van der Waals surface area contributed by atoms with Crippen LogP contribution in [0.4, 0.5) is 0 Å². The second-order valence-corrected chi connectivity index (χ2v) is 5.02. The average Bonchev–Trinajstić information content (AvgIpc) is 2.42. The van der Waals surface area contributed by atoms with Gasteiger partial charge in [-0.25, -0.2) is 4.79 Å². The molecule has 2 rings (SSSR count). The van der Waals surface area contributed by atoms with Gasteiger partial charge < -0.3 is 10.1 Å². The molecule has 72 valence electrons. The lowest BCUT2D eigenvalue weighted by molar-refractivity contribution is 0.0698. The van der Waals surface area contributed by atoms with Gasteiger partial charge in [-0.15, -0.1) is 0 Å². The van der Waals surface area contributed by atoms with Crippen molar-refractivity contribution in [2.45, 2.75) is 0 Å². The Bertz CT molecular complexity index is 519. The molecule has 0 saturated heterocycles. The molecule has 1 aromatic carbocycles. The smallest absolute Gasteiger partial charge is 0.339 e. The van der Waals surface area contributed by atoms with E-state index < -0.39 is 5.97 Å². The molecule has 1 aromatic heterocycles. The van der Waals surface area contributed by atoms with E-state index in [9.17, 15) is 4.79 Å². The standard InChI is InChI=1S/C9H5I2NO2/c10-4-2-1-3-5-6(4)7(9(13)14)8(11)12-5/h1-3,12H,(H,13,14). The van der Waals surface area contributed by atoms with E-state index in [1.54, 1.807) is 0 Å². The molecule has 3 nitrogen and oxygen atoms in total. The van der Waals surface area contributed by atoms with Gasteiger partial charge in [0.15, 0.2) is 0 Å². The highest BCUT2D eigenvalue weighted by Crippen LogP contribution is 2.27. The molecule has 0 unspecified atom stereocenters. The molecule has 0 radical (unpaired) electrons. The minimum Gasteiger partial charge on any atom is -0.478 e. The Morgan fingerprint density at radius 2 is 2.07 bits per heavy atom. The van der Waals surface area contributed by atoms with Gasteiger partial charge in [0.05, 0.1) is 9.26 Å². The van der Waals surface area contributed by atoms with Crippen LogP contribution in [-0.4, -0.2) is 16.1 Å². The lowest BCUT2D eigenvalue weighted by Gasteiger charge is -1.95. The molecule has 0 saturated carbocycles. The molecule has 5 heteroatoms. The van der Waals surface area contributed by atoms with Gasteiger partial charge >= 0.3 is 5.97 Å². The molecule has 0 spiro atoms. The second kappa shape index (κ2) is 3.69. The Kier molecular flexibility index (Phi) is 2.69. The fraction of sp³-hybridized carbons (Fsp3) is 0. The summed E-state index contributed by atoms with van der Waals surface area (Å²) >= 11 is 4.15. The van der Waals surface area contributed by atoms with Crippen molar-refractivity contribution in [1.82, 2.24) is 4.98 Å². The maximum Gasteiger partial charge on any atom is 0.339 e. The van der Waals surface area contributed by atoms with Crippen LogP contribution in [0.2, 0.25) is 0 Å². The molecule has 0 bridgehead atoms. The Morgan fingerprint density at radius 3 is 2.71 bits per heavy atom. The summed E-state index contributed by atoms with van der Waals surface area (Å²) in [4.78, 5) is 14.1. The monoisotopic (exact) mass is 413 g/mol. The van der Waals surface area contributed by atoms with E-state index in [0.717, 1.165) is 14.5 Å². The van der Waals surface area contributed by atoms with E-state index in [1.165, 1.54) is 0 Å². The molecule has 0 fully saturated rings. The number of aromatic amines is 1. The number of aromatic nitrogens is 1. The van der Waals surface area contributed by atoms with Crippen molar-refractivity contribution in [3.8, 4) is 0 Å². The number of carbonyl (C=O) groups is 1. The lowest BCUT2D eigenvalue weighted by atomic mass is 10.2. The van der Waals surface area contributed by atoms with Gasteiger partial charge in [0.2, 0.25) is 0 Å². The van der Waals surface area contributed by atoms with Crippen LogP contribution in [0.3, 0.4) is 0 Å². The fourth-order valence-electron chi connectivity index (χ4n) is 1.37. The van der Waals surface area contributed by atoms with Crippen LogP contribution in [0.1, 0.15) is 10.4 Å². The number of H-pyrrole nitrogens is 1. The summed E-state index contributed by atoms with van der Waals surface area (Å²) in [7, 11) is 0. The van der Waals surface area contributed by atoms with Crippen LogP contribution in [0, 0.1) is 7.27 Å². The number of halogens is 2. The number of carboxylic acids is 1. The summed E-state index contributed by atoms with van der Waals surface area (Å²) in [5, 5.41) is 9.85. The summed E-state index contributed by atoms with van der Waals surface area (Å²) in [6, 6.07) is 5.69. The number of fused-ring (bicyclic) bond motifs is 1. The predicted octanol–water partition coefficient (Wildman–Crippen LogP) is 3.08. The molecule has 0 aliphatic rings. The van der Waals surface area contributed by atoms with Crippen molar-refractivity contribution in [3.63, 3.8) is 0 Å². The zero-order valence-electron chi connectivity index (χ0n) is 6.84. The number of hydrogen-bond acceptors (Lipinski definition) is 1. The Labute approximate surface area is 107 Å². The maximum atomic E-state index is 11.0. The summed E-state index contributed by atoms with van der Waals surface area (Å²) in [6.07, 6.45) is 0. The highest BCUT2D eigenvalue weighted by atomic mass is 127. The zero-order chi connectivity index (χ0) is 10.3. The van der Waals surface area contributed by atoms with Gasteiger partial charge in [-0.05, 0) is 57.3 Å². The van der Waals surface area contributed by atoms with Crippen molar-refractivity contribution in [3.05, 3.63) is 31.0 Å². The molecule has 2 N–H and O–H groups in total. The van der Waals surface area contributed by atoms with E-state index in [-0.39, 0.29) is 0 Å². The van der Waals surface area contributed by atoms with Crippen molar-refractivity contribution in [2.24, 2.45) is 0 Å². The number of benzene rings is 1. The van der Waals surface area contributed by atoms with Gasteiger partial charge in [0.1, 0.15) is 0 Å². The van der Waals surface area contributed by atoms with Crippen LogP contribution < -0.4 is 0 Å². The first-order chi connectivity index (χ1) is 6.61. The van der Waals surface area contributed by atoms with E-state index in [2.05, 4.69) is 27.6 Å². The first-order valence-electron chi connectivity index (χ1n) is 3.80. The Morgan fingerprint density at radius 1 is 1.36 bits per heavy atom. The average molecular weight is 413 g/mol. The minimum atomic E-state index is -0.884. The van der Waals surface area contributed by atoms with Crippen molar-refractivity contribution < 1.29 is 9.90 Å². The van der Waals surface area contributed by atoms with Gasteiger partial charge in [-0.1, -0.05) is 6.07 Å². The van der Waals surface area contributed by atoms with Gasteiger partial charge in [0, 0.05) is 14.5 Å². The first kappa shape index (κ1) is 10.2. The summed E-state index contributed by atoms with van der Waals surface area (Å²) in [5.41, 5.74) is 1.24. The first-order valence-corrected chi connectivity index (χ1v) is 5.96. The summed E-state index contributed by atoms with van der Waals surface area (Å²) in [6.45, 7) is 0. The molecule has 0 atom stereocenters. The van der Waals surface area contributed by atoms with Crippen molar-refractivity contribution >= 4 is 62.1 Å². The van der Waals surface area contributed by atoms with E-state index in [1.807, 2.05) is 40.8 Å². The van der Waals surface area contributed by atoms with Crippen LogP contribution in [-0.2, 0) is 0 Å². The number of carboxylic acid groups (broad SMARTS) is 1. The molecule has 0 amide bonds. The number of rotatable bonds is 1. The van der Waals surface area contributed by atoms with E-state index in [4.69, 9.17) is 5.11 Å². The number of aromatic carboxylic acids is 1. The van der Waals surface area contributed by atoms with Crippen LogP contribution in [0.25, 0.3) is 10.9 Å². The van der Waals surface area contributed by atoms with Crippen molar-refractivity contribution in [1.29, 1.82) is 0 Å².